The predicted octanol–water partition coefficient (Wildman–Crippen LogP) is 3.42. The van der Waals surface area contributed by atoms with Crippen LogP contribution in [0.15, 0.2) is 24.3 Å². The van der Waals surface area contributed by atoms with Crippen molar-refractivity contribution in [3.05, 3.63) is 34.9 Å². The van der Waals surface area contributed by atoms with Crippen LogP contribution in [0.2, 0.25) is 5.02 Å². The molecular weight excluding hydrogens is 234 g/mol. The highest BCUT2D eigenvalue weighted by Gasteiger charge is 2.15. The Balaban J connectivity index is 1.72. The molecule has 2 rings (SSSR count). The summed E-state index contributed by atoms with van der Waals surface area (Å²) in [5.41, 5.74) is 1.29. The number of nitrogens with one attached hydrogen (secondary N) is 1. The van der Waals surface area contributed by atoms with Crippen molar-refractivity contribution < 1.29 is 4.74 Å². The Kier molecular flexibility index (Phi) is 4.84. The van der Waals surface area contributed by atoms with Gasteiger partial charge in [0, 0.05) is 24.3 Å². The van der Waals surface area contributed by atoms with Crippen molar-refractivity contribution >= 4 is 11.6 Å². The van der Waals surface area contributed by atoms with E-state index in [2.05, 4.69) is 24.4 Å². The van der Waals surface area contributed by atoms with Crippen LogP contribution in [0.1, 0.15) is 31.4 Å². The van der Waals surface area contributed by atoms with Crippen LogP contribution in [0.3, 0.4) is 0 Å². The standard InChI is InChI=1S/C14H20ClNO/c1-11(13-2-4-14(15)5-3-13)16-8-6-12-7-9-17-10-12/h2-5,11-12,16H,6-10H2,1H3. The molecule has 0 radical (unpaired) electrons. The molecule has 2 atom stereocenters. The maximum atomic E-state index is 5.87. The van der Waals surface area contributed by atoms with Crippen molar-refractivity contribution in [2.45, 2.75) is 25.8 Å². The van der Waals surface area contributed by atoms with Gasteiger partial charge in [-0.3, -0.25) is 0 Å². The first-order chi connectivity index (χ1) is 8.25. The minimum Gasteiger partial charge on any atom is -0.381 e. The molecular formula is C14H20ClNO. The Hall–Kier alpha value is -0.570. The highest BCUT2D eigenvalue weighted by Crippen LogP contribution is 2.18. The molecule has 0 bridgehead atoms. The summed E-state index contributed by atoms with van der Waals surface area (Å²) >= 11 is 5.87. The van der Waals surface area contributed by atoms with Gasteiger partial charge in [0.05, 0.1) is 0 Å². The van der Waals surface area contributed by atoms with E-state index in [1.54, 1.807) is 0 Å². The molecule has 1 fully saturated rings. The Morgan fingerprint density at radius 1 is 1.41 bits per heavy atom. The van der Waals surface area contributed by atoms with Gasteiger partial charge in [0.1, 0.15) is 0 Å². The van der Waals surface area contributed by atoms with Crippen LogP contribution >= 0.6 is 11.6 Å². The number of halogens is 1. The fraction of sp³-hybridized carbons (Fsp3) is 0.571. The van der Waals surface area contributed by atoms with Gasteiger partial charge in [-0.2, -0.15) is 0 Å². The van der Waals surface area contributed by atoms with Crippen molar-refractivity contribution in [2.24, 2.45) is 5.92 Å². The average Bonchev–Trinajstić information content (AvgIpc) is 2.83. The van der Waals surface area contributed by atoms with E-state index in [9.17, 15) is 0 Å². The molecule has 1 saturated heterocycles. The second-order valence-corrected chi connectivity index (χ2v) is 5.18. The molecule has 1 aliphatic heterocycles. The number of benzene rings is 1. The third-order valence-corrected chi connectivity index (χ3v) is 3.65. The van der Waals surface area contributed by atoms with E-state index in [1.807, 2.05) is 12.1 Å². The Labute approximate surface area is 108 Å². The van der Waals surface area contributed by atoms with Gasteiger partial charge in [0.15, 0.2) is 0 Å². The van der Waals surface area contributed by atoms with Gasteiger partial charge in [-0.15, -0.1) is 0 Å². The van der Waals surface area contributed by atoms with Crippen LogP contribution in [0, 0.1) is 5.92 Å². The van der Waals surface area contributed by atoms with Gasteiger partial charge in [-0.25, -0.2) is 0 Å². The van der Waals surface area contributed by atoms with E-state index in [0.29, 0.717) is 6.04 Å². The van der Waals surface area contributed by atoms with E-state index in [0.717, 1.165) is 30.7 Å². The second kappa shape index (κ2) is 6.39. The monoisotopic (exact) mass is 253 g/mol. The molecule has 2 nitrogen and oxygen atoms in total. The Bertz CT molecular complexity index is 333. The van der Waals surface area contributed by atoms with E-state index in [1.165, 1.54) is 18.4 Å². The van der Waals surface area contributed by atoms with Gasteiger partial charge in [0.25, 0.3) is 0 Å². The minimum absolute atomic E-state index is 0.384. The zero-order valence-electron chi connectivity index (χ0n) is 10.3. The summed E-state index contributed by atoms with van der Waals surface area (Å²) in [4.78, 5) is 0. The molecule has 1 heterocycles. The van der Waals surface area contributed by atoms with Crippen LogP contribution < -0.4 is 5.32 Å². The molecule has 0 aliphatic carbocycles. The van der Waals surface area contributed by atoms with Gasteiger partial charge < -0.3 is 10.1 Å². The molecule has 3 heteroatoms. The van der Waals surface area contributed by atoms with Crippen molar-refractivity contribution in [1.29, 1.82) is 0 Å². The summed E-state index contributed by atoms with van der Waals surface area (Å²) in [7, 11) is 0. The largest absolute Gasteiger partial charge is 0.381 e. The highest BCUT2D eigenvalue weighted by molar-refractivity contribution is 6.30. The first-order valence-electron chi connectivity index (χ1n) is 6.32. The van der Waals surface area contributed by atoms with E-state index in [4.69, 9.17) is 16.3 Å². The Morgan fingerprint density at radius 2 is 2.18 bits per heavy atom. The summed E-state index contributed by atoms with van der Waals surface area (Å²) in [5, 5.41) is 4.34. The maximum Gasteiger partial charge on any atom is 0.0495 e. The minimum atomic E-state index is 0.384. The molecule has 1 N–H and O–H groups in total. The molecule has 17 heavy (non-hydrogen) atoms. The average molecular weight is 254 g/mol. The van der Waals surface area contributed by atoms with Crippen LogP contribution in [0.25, 0.3) is 0 Å². The van der Waals surface area contributed by atoms with Crippen molar-refractivity contribution in [3.8, 4) is 0 Å². The normalized spacial score (nSPS) is 21.6. The lowest BCUT2D eigenvalue weighted by atomic mass is 10.0. The number of hydrogen-bond acceptors (Lipinski definition) is 2. The van der Waals surface area contributed by atoms with Crippen molar-refractivity contribution in [1.82, 2.24) is 5.32 Å². The second-order valence-electron chi connectivity index (χ2n) is 4.75. The molecule has 1 aromatic carbocycles. The third-order valence-electron chi connectivity index (χ3n) is 3.40. The zero-order chi connectivity index (χ0) is 12.1. The topological polar surface area (TPSA) is 21.3 Å². The van der Waals surface area contributed by atoms with Crippen molar-refractivity contribution in [3.63, 3.8) is 0 Å². The molecule has 94 valence electrons. The highest BCUT2D eigenvalue weighted by atomic mass is 35.5. The molecule has 0 aromatic heterocycles. The molecule has 2 unspecified atom stereocenters. The van der Waals surface area contributed by atoms with E-state index in [-0.39, 0.29) is 0 Å². The van der Waals surface area contributed by atoms with Crippen LogP contribution in [-0.4, -0.2) is 19.8 Å². The summed E-state index contributed by atoms with van der Waals surface area (Å²) in [6, 6.07) is 8.44. The first kappa shape index (κ1) is 12.9. The fourth-order valence-corrected chi connectivity index (χ4v) is 2.31. The molecule has 0 saturated carbocycles. The number of rotatable bonds is 5. The quantitative estimate of drug-likeness (QED) is 0.868. The SMILES string of the molecule is CC(NCCC1CCOC1)c1ccc(Cl)cc1. The van der Waals surface area contributed by atoms with E-state index < -0.39 is 0 Å². The summed E-state index contributed by atoms with van der Waals surface area (Å²) in [6.07, 6.45) is 2.43. The lowest BCUT2D eigenvalue weighted by Crippen LogP contribution is -2.22. The third kappa shape index (κ3) is 3.98. The van der Waals surface area contributed by atoms with Gasteiger partial charge in [0.2, 0.25) is 0 Å². The zero-order valence-corrected chi connectivity index (χ0v) is 11.0. The lowest BCUT2D eigenvalue weighted by molar-refractivity contribution is 0.184. The van der Waals surface area contributed by atoms with Crippen LogP contribution in [0.4, 0.5) is 0 Å². The van der Waals surface area contributed by atoms with E-state index >= 15 is 0 Å². The molecule has 0 amide bonds. The van der Waals surface area contributed by atoms with Crippen molar-refractivity contribution in [2.75, 3.05) is 19.8 Å². The van der Waals surface area contributed by atoms with Gasteiger partial charge in [-0.1, -0.05) is 23.7 Å². The van der Waals surface area contributed by atoms with Crippen LogP contribution in [0.5, 0.6) is 0 Å². The predicted molar refractivity (Wildman–Crippen MR) is 71.4 cm³/mol. The molecule has 0 spiro atoms. The van der Waals surface area contributed by atoms with Crippen LogP contribution in [-0.2, 0) is 4.74 Å². The maximum absolute atomic E-state index is 5.87. The lowest BCUT2D eigenvalue weighted by Gasteiger charge is -2.15. The fourth-order valence-electron chi connectivity index (χ4n) is 2.18. The summed E-state index contributed by atoms with van der Waals surface area (Å²) in [6.45, 7) is 5.13. The summed E-state index contributed by atoms with van der Waals surface area (Å²) < 4.78 is 5.37. The molecule has 1 aliphatic rings. The molecule has 1 aromatic rings. The van der Waals surface area contributed by atoms with Gasteiger partial charge >= 0.3 is 0 Å². The Morgan fingerprint density at radius 3 is 2.82 bits per heavy atom. The van der Waals surface area contributed by atoms with Gasteiger partial charge in [-0.05, 0) is 49.9 Å². The number of ether oxygens (including phenoxy) is 1. The summed E-state index contributed by atoms with van der Waals surface area (Å²) in [5.74, 6) is 0.750. The number of hydrogen-bond donors (Lipinski definition) is 1. The first-order valence-corrected chi connectivity index (χ1v) is 6.70. The smallest absolute Gasteiger partial charge is 0.0495 e.